The van der Waals surface area contributed by atoms with E-state index in [1.807, 2.05) is 24.3 Å². The summed E-state index contributed by atoms with van der Waals surface area (Å²) in [6.07, 6.45) is 3.27. The standard InChI is InChI=1S/C17H18N4O4S2/c22-21(23)16-15(19-17-20(16)6-9-26-17)18-13-3-1-2-12(10-13)11-27(24)14-4-7-25-8-5-14/h1-3,6,9-10,14,18H,4-5,7-8,11H2. The molecule has 0 radical (unpaired) electrons. The Morgan fingerprint density at radius 1 is 1.41 bits per heavy atom. The third-order valence-corrected chi connectivity index (χ3v) is 7.04. The van der Waals surface area contributed by atoms with Crippen LogP contribution in [0, 0.1) is 10.1 Å². The maximum absolute atomic E-state index is 12.6. The third-order valence-electron chi connectivity index (χ3n) is 4.45. The highest BCUT2D eigenvalue weighted by Crippen LogP contribution is 2.30. The van der Waals surface area contributed by atoms with E-state index in [4.69, 9.17) is 4.74 Å². The quantitative estimate of drug-likeness (QED) is 0.497. The van der Waals surface area contributed by atoms with Crippen LogP contribution in [-0.2, 0) is 21.3 Å². The minimum atomic E-state index is -0.964. The molecule has 1 fully saturated rings. The molecule has 1 aliphatic rings. The first-order chi connectivity index (χ1) is 13.1. The van der Waals surface area contributed by atoms with Crippen LogP contribution in [-0.4, -0.2) is 37.0 Å². The fraction of sp³-hybridized carbons (Fsp3) is 0.353. The SMILES string of the molecule is O=[N+]([O-])c1c(Nc2cccc(CS(=O)C3CCOCC3)c2)nc2sccn12. The second kappa shape index (κ2) is 7.75. The highest BCUT2D eigenvalue weighted by Gasteiger charge is 2.24. The van der Waals surface area contributed by atoms with Crippen LogP contribution in [0.3, 0.4) is 0 Å². The Hall–Kier alpha value is -2.30. The van der Waals surface area contributed by atoms with Crippen molar-refractivity contribution < 1.29 is 13.9 Å². The van der Waals surface area contributed by atoms with Gasteiger partial charge in [0.25, 0.3) is 4.96 Å². The second-order valence-electron chi connectivity index (χ2n) is 6.26. The predicted molar refractivity (Wildman–Crippen MR) is 105 cm³/mol. The first-order valence-electron chi connectivity index (χ1n) is 8.52. The molecule has 8 nitrogen and oxygen atoms in total. The third kappa shape index (κ3) is 3.87. The Kier molecular flexibility index (Phi) is 5.19. The maximum Gasteiger partial charge on any atom is 0.373 e. The van der Waals surface area contributed by atoms with E-state index in [-0.39, 0.29) is 16.9 Å². The van der Waals surface area contributed by atoms with E-state index in [9.17, 15) is 14.3 Å². The van der Waals surface area contributed by atoms with E-state index in [0.29, 0.717) is 29.6 Å². The average molecular weight is 406 g/mol. The zero-order valence-electron chi connectivity index (χ0n) is 14.4. The molecule has 0 bridgehead atoms. The molecule has 0 saturated carbocycles. The van der Waals surface area contributed by atoms with Gasteiger partial charge in [-0.2, -0.15) is 9.38 Å². The molecule has 0 aliphatic carbocycles. The number of benzene rings is 1. The molecule has 3 heterocycles. The molecule has 4 rings (SSSR count). The molecule has 2 aromatic heterocycles. The highest BCUT2D eigenvalue weighted by molar-refractivity contribution is 7.84. The summed E-state index contributed by atoms with van der Waals surface area (Å²) in [7, 11) is -0.964. The van der Waals surface area contributed by atoms with Crippen molar-refractivity contribution in [3.05, 3.63) is 51.5 Å². The fourth-order valence-electron chi connectivity index (χ4n) is 3.13. The van der Waals surface area contributed by atoms with Crippen LogP contribution in [0.2, 0.25) is 0 Å². The van der Waals surface area contributed by atoms with Crippen molar-refractivity contribution in [3.63, 3.8) is 0 Å². The van der Waals surface area contributed by atoms with Crippen LogP contribution in [0.4, 0.5) is 17.3 Å². The Bertz CT molecular complexity index is 994. The Balaban J connectivity index is 1.53. The largest absolute Gasteiger partial charge is 0.381 e. The Labute approximate surface area is 161 Å². The van der Waals surface area contributed by atoms with Crippen molar-refractivity contribution in [1.82, 2.24) is 9.38 Å². The van der Waals surface area contributed by atoms with Gasteiger partial charge in [0.15, 0.2) is 0 Å². The number of hydrogen-bond donors (Lipinski definition) is 1. The lowest BCUT2D eigenvalue weighted by atomic mass is 10.2. The average Bonchev–Trinajstić information content (AvgIpc) is 3.23. The molecule has 1 N–H and O–H groups in total. The van der Waals surface area contributed by atoms with Gasteiger partial charge in [0.1, 0.15) is 6.20 Å². The van der Waals surface area contributed by atoms with E-state index in [1.165, 1.54) is 15.7 Å². The van der Waals surface area contributed by atoms with Gasteiger partial charge in [-0.3, -0.25) is 4.21 Å². The van der Waals surface area contributed by atoms with E-state index in [1.54, 1.807) is 11.6 Å². The molecule has 27 heavy (non-hydrogen) atoms. The molecular formula is C17H18N4O4S2. The number of nitrogens with zero attached hydrogens (tertiary/aromatic N) is 3. The summed E-state index contributed by atoms with van der Waals surface area (Å²) in [4.78, 5) is 15.9. The monoisotopic (exact) mass is 406 g/mol. The predicted octanol–water partition coefficient (Wildman–Crippen LogP) is 3.48. The number of ether oxygens (including phenoxy) is 1. The summed E-state index contributed by atoms with van der Waals surface area (Å²) < 4.78 is 19.4. The molecule has 3 aromatic rings. The molecule has 1 aliphatic heterocycles. The van der Waals surface area contributed by atoms with Gasteiger partial charge < -0.3 is 20.2 Å². The molecule has 1 unspecified atom stereocenters. The topological polar surface area (TPSA) is 98.8 Å². The van der Waals surface area contributed by atoms with E-state index >= 15 is 0 Å². The zero-order chi connectivity index (χ0) is 18.8. The van der Waals surface area contributed by atoms with Crippen molar-refractivity contribution in [2.24, 2.45) is 0 Å². The lowest BCUT2D eigenvalue weighted by molar-refractivity contribution is -0.389. The van der Waals surface area contributed by atoms with Crippen molar-refractivity contribution in [2.75, 3.05) is 18.5 Å². The van der Waals surface area contributed by atoms with Gasteiger partial charge in [-0.05, 0) is 35.5 Å². The smallest absolute Gasteiger partial charge is 0.373 e. The minimum absolute atomic E-state index is 0.0950. The maximum atomic E-state index is 12.6. The highest BCUT2D eigenvalue weighted by atomic mass is 32.2. The lowest BCUT2D eigenvalue weighted by Crippen LogP contribution is -2.25. The van der Waals surface area contributed by atoms with Gasteiger partial charge in [0.2, 0.25) is 5.82 Å². The molecule has 142 valence electrons. The van der Waals surface area contributed by atoms with E-state index in [0.717, 1.165) is 18.4 Å². The van der Waals surface area contributed by atoms with Crippen molar-refractivity contribution >= 4 is 44.4 Å². The number of hydrogen-bond acceptors (Lipinski definition) is 7. The normalized spacial score (nSPS) is 16.4. The summed E-state index contributed by atoms with van der Waals surface area (Å²) in [5.74, 6) is 0.567. The number of nitrogens with one attached hydrogen (secondary N) is 1. The summed E-state index contributed by atoms with van der Waals surface area (Å²) in [5, 5.41) is 16.4. The number of anilines is 2. The number of nitro groups is 1. The summed E-state index contributed by atoms with van der Waals surface area (Å²) in [6, 6.07) is 7.46. The van der Waals surface area contributed by atoms with Crippen molar-refractivity contribution in [1.29, 1.82) is 0 Å². The second-order valence-corrected chi connectivity index (χ2v) is 8.85. The first kappa shape index (κ1) is 18.1. The minimum Gasteiger partial charge on any atom is -0.381 e. The van der Waals surface area contributed by atoms with Gasteiger partial charge in [0.05, 0.1) is 0 Å². The lowest BCUT2D eigenvalue weighted by Gasteiger charge is -2.21. The molecule has 1 atom stereocenters. The molecule has 1 saturated heterocycles. The molecule has 1 aromatic carbocycles. The summed E-state index contributed by atoms with van der Waals surface area (Å²) in [5.41, 5.74) is 1.61. The number of aromatic nitrogens is 2. The van der Waals surface area contributed by atoms with Crippen molar-refractivity contribution in [3.8, 4) is 0 Å². The van der Waals surface area contributed by atoms with Gasteiger partial charge in [0, 0.05) is 46.1 Å². The van der Waals surface area contributed by atoms with Gasteiger partial charge in [-0.15, -0.1) is 0 Å². The fourth-order valence-corrected chi connectivity index (χ4v) is 5.30. The van der Waals surface area contributed by atoms with Crippen LogP contribution in [0.25, 0.3) is 4.96 Å². The molecular weight excluding hydrogens is 388 g/mol. The van der Waals surface area contributed by atoms with Gasteiger partial charge in [-0.1, -0.05) is 23.5 Å². The van der Waals surface area contributed by atoms with Crippen LogP contribution >= 0.6 is 11.3 Å². The van der Waals surface area contributed by atoms with Crippen LogP contribution < -0.4 is 5.32 Å². The Morgan fingerprint density at radius 2 is 2.22 bits per heavy atom. The number of fused-ring (bicyclic) bond motifs is 1. The number of imidazole rings is 1. The van der Waals surface area contributed by atoms with Crippen LogP contribution in [0.1, 0.15) is 18.4 Å². The molecule has 0 amide bonds. The van der Waals surface area contributed by atoms with Crippen LogP contribution in [0.15, 0.2) is 35.8 Å². The van der Waals surface area contributed by atoms with E-state index < -0.39 is 15.7 Å². The van der Waals surface area contributed by atoms with Crippen LogP contribution in [0.5, 0.6) is 0 Å². The number of rotatable bonds is 6. The molecule has 10 heteroatoms. The van der Waals surface area contributed by atoms with Crippen molar-refractivity contribution in [2.45, 2.75) is 23.8 Å². The van der Waals surface area contributed by atoms with E-state index in [2.05, 4.69) is 10.3 Å². The summed E-state index contributed by atoms with van der Waals surface area (Å²) in [6.45, 7) is 1.33. The first-order valence-corrected chi connectivity index (χ1v) is 10.8. The zero-order valence-corrected chi connectivity index (χ0v) is 16.0. The summed E-state index contributed by atoms with van der Waals surface area (Å²) >= 11 is 1.33. The van der Waals surface area contributed by atoms with Gasteiger partial charge >= 0.3 is 5.82 Å². The number of thiazole rings is 1. The van der Waals surface area contributed by atoms with Gasteiger partial charge in [-0.25, -0.2) is 0 Å². The molecule has 0 spiro atoms. The Morgan fingerprint density at radius 3 is 3.00 bits per heavy atom.